The van der Waals surface area contributed by atoms with Crippen LogP contribution in [0.5, 0.6) is 0 Å². The quantitative estimate of drug-likeness (QED) is 0.103. The number of esters is 3. The first kappa shape index (κ1) is 36.8. The number of hydrogen-bond acceptors (Lipinski definition) is 10. The summed E-state index contributed by atoms with van der Waals surface area (Å²) in [6, 6.07) is 12.7. The molecule has 2 bridgehead atoms. The van der Waals surface area contributed by atoms with Gasteiger partial charge in [0.1, 0.15) is 6.61 Å². The molecule has 2 aromatic carbocycles. The van der Waals surface area contributed by atoms with E-state index >= 15 is 4.79 Å². The second-order valence-corrected chi connectivity index (χ2v) is 15.2. The van der Waals surface area contributed by atoms with Gasteiger partial charge >= 0.3 is 17.9 Å². The Kier molecular flexibility index (Phi) is 9.32. The highest BCUT2D eigenvalue weighted by atomic mass is 16.6. The maximum absolute atomic E-state index is 15.1. The van der Waals surface area contributed by atoms with Gasteiger partial charge in [0.15, 0.2) is 23.6 Å². The van der Waals surface area contributed by atoms with Crippen molar-refractivity contribution in [2.45, 2.75) is 72.7 Å². The number of carbonyl (C=O) groups excluding carboxylic acids is 5. The zero-order valence-corrected chi connectivity index (χ0v) is 30.5. The van der Waals surface area contributed by atoms with Crippen LogP contribution >= 0.6 is 0 Å². The van der Waals surface area contributed by atoms with Gasteiger partial charge in [-0.25, -0.2) is 9.59 Å². The van der Waals surface area contributed by atoms with E-state index in [9.17, 15) is 24.3 Å². The van der Waals surface area contributed by atoms with Crippen LogP contribution < -0.4 is 11.1 Å². The number of anilines is 2. The van der Waals surface area contributed by atoms with Crippen molar-refractivity contribution in [3.05, 3.63) is 94.6 Å². The monoisotopic (exact) mass is 710 g/mol. The third kappa shape index (κ3) is 5.66. The zero-order chi connectivity index (χ0) is 37.9. The third-order valence-corrected chi connectivity index (χ3v) is 11.9. The lowest BCUT2D eigenvalue weighted by Gasteiger charge is -2.49. The zero-order valence-electron chi connectivity index (χ0n) is 30.5. The molecule has 0 radical (unpaired) electrons. The number of hydrogen-bond donors (Lipinski definition) is 3. The highest BCUT2D eigenvalue weighted by Gasteiger charge is 2.77. The number of benzene rings is 2. The normalized spacial score (nSPS) is 31.4. The molecular formula is C41H46N2O9. The SMILES string of the molecule is CC=C(C)C(=O)OCC1=CC2C(=O)[C@]3(C=C(C)[C@H](OC(=O)c4ccccc4NC(=O)c4ccccc4N)[C@@]3(O)[C@@H]1OC(C)=O)[C@H](C)C[C@@H]1[C@H]2C1(C)C. The van der Waals surface area contributed by atoms with Crippen LogP contribution in [0.2, 0.25) is 0 Å². The number of fused-ring (bicyclic) bond motifs is 3. The summed E-state index contributed by atoms with van der Waals surface area (Å²) in [7, 11) is 0. The van der Waals surface area contributed by atoms with Gasteiger partial charge in [-0.3, -0.25) is 14.4 Å². The fraction of sp³-hybridized carbons (Fsp3) is 0.439. The van der Waals surface area contributed by atoms with Gasteiger partial charge in [0.2, 0.25) is 0 Å². The Morgan fingerprint density at radius 3 is 2.31 bits per heavy atom. The number of carbonyl (C=O) groups is 5. The van der Waals surface area contributed by atoms with Gasteiger partial charge in [0.05, 0.1) is 22.2 Å². The first-order valence-corrected chi connectivity index (χ1v) is 17.6. The van der Waals surface area contributed by atoms with Gasteiger partial charge < -0.3 is 30.4 Å². The topological polar surface area (TPSA) is 171 Å². The number of para-hydroxylation sites is 2. The van der Waals surface area contributed by atoms with E-state index in [2.05, 4.69) is 19.2 Å². The molecule has 11 nitrogen and oxygen atoms in total. The average molecular weight is 711 g/mol. The van der Waals surface area contributed by atoms with Crippen molar-refractivity contribution in [2.24, 2.45) is 34.5 Å². The molecule has 8 atom stereocenters. The second kappa shape index (κ2) is 13.2. The van der Waals surface area contributed by atoms with Crippen LogP contribution in [-0.2, 0) is 28.6 Å². The molecule has 4 N–H and O–H groups in total. The second-order valence-electron chi connectivity index (χ2n) is 15.2. The van der Waals surface area contributed by atoms with Gasteiger partial charge in [-0.2, -0.15) is 0 Å². The van der Waals surface area contributed by atoms with E-state index in [4.69, 9.17) is 19.9 Å². The molecule has 0 heterocycles. The maximum Gasteiger partial charge on any atom is 0.340 e. The fourth-order valence-corrected chi connectivity index (χ4v) is 9.11. The minimum absolute atomic E-state index is 0.0204. The molecule has 11 heteroatoms. The van der Waals surface area contributed by atoms with E-state index < -0.39 is 58.9 Å². The molecule has 0 saturated heterocycles. The molecule has 274 valence electrons. The maximum atomic E-state index is 15.1. The van der Waals surface area contributed by atoms with Gasteiger partial charge in [0.25, 0.3) is 5.91 Å². The summed E-state index contributed by atoms with van der Waals surface area (Å²) < 4.78 is 17.8. The Hall–Kier alpha value is -5.03. The van der Waals surface area contributed by atoms with E-state index in [1.807, 2.05) is 6.92 Å². The Morgan fingerprint density at radius 1 is 1.00 bits per heavy atom. The molecule has 0 aromatic heterocycles. The van der Waals surface area contributed by atoms with Crippen molar-refractivity contribution >= 4 is 41.0 Å². The molecule has 4 aliphatic carbocycles. The van der Waals surface area contributed by atoms with E-state index in [0.29, 0.717) is 17.6 Å². The van der Waals surface area contributed by atoms with Crippen molar-refractivity contribution in [3.8, 4) is 0 Å². The highest BCUT2D eigenvalue weighted by Crippen LogP contribution is 2.72. The summed E-state index contributed by atoms with van der Waals surface area (Å²) in [6.07, 6.45) is 2.57. The van der Waals surface area contributed by atoms with Crippen LogP contribution in [0.4, 0.5) is 11.4 Å². The van der Waals surface area contributed by atoms with Crippen LogP contribution in [0.15, 0.2) is 83.5 Å². The number of rotatable bonds is 8. The van der Waals surface area contributed by atoms with Crippen molar-refractivity contribution in [2.75, 3.05) is 17.7 Å². The van der Waals surface area contributed by atoms with Crippen molar-refractivity contribution in [1.82, 2.24) is 0 Å². The molecule has 0 aliphatic heterocycles. The Morgan fingerprint density at radius 2 is 1.65 bits per heavy atom. The summed E-state index contributed by atoms with van der Waals surface area (Å²) >= 11 is 0. The summed E-state index contributed by atoms with van der Waals surface area (Å²) in [5.74, 6) is -4.17. The fourth-order valence-electron chi connectivity index (χ4n) is 9.11. The molecule has 4 aliphatic rings. The van der Waals surface area contributed by atoms with Crippen LogP contribution in [0.1, 0.15) is 75.6 Å². The molecular weight excluding hydrogens is 664 g/mol. The molecule has 2 saturated carbocycles. The first-order chi connectivity index (χ1) is 24.5. The minimum Gasteiger partial charge on any atom is -0.458 e. The largest absolute Gasteiger partial charge is 0.458 e. The number of nitrogens with one attached hydrogen (secondary N) is 1. The number of amides is 1. The van der Waals surface area contributed by atoms with E-state index in [1.54, 1.807) is 75.4 Å². The predicted octanol–water partition coefficient (Wildman–Crippen LogP) is 5.60. The number of nitrogens with two attached hydrogens (primary N) is 1. The summed E-state index contributed by atoms with van der Waals surface area (Å²) in [6.45, 7) is 11.9. The molecule has 2 fully saturated rings. The lowest BCUT2D eigenvalue weighted by atomic mass is 9.59. The molecule has 2 aromatic rings. The average Bonchev–Trinajstić information content (AvgIpc) is 3.59. The summed E-state index contributed by atoms with van der Waals surface area (Å²) in [5, 5.41) is 16.1. The van der Waals surface area contributed by atoms with E-state index in [-0.39, 0.29) is 57.7 Å². The van der Waals surface area contributed by atoms with Crippen LogP contribution in [-0.4, -0.2) is 59.1 Å². The number of aliphatic hydroxyl groups is 1. The van der Waals surface area contributed by atoms with Crippen molar-refractivity contribution in [1.29, 1.82) is 0 Å². The summed E-state index contributed by atoms with van der Waals surface area (Å²) in [5.41, 5.74) is 3.39. The number of allylic oxidation sites excluding steroid dienone is 2. The predicted molar refractivity (Wildman–Crippen MR) is 193 cm³/mol. The molecule has 1 amide bonds. The Balaban J connectivity index is 1.44. The van der Waals surface area contributed by atoms with Crippen molar-refractivity contribution < 1.29 is 43.3 Å². The van der Waals surface area contributed by atoms with Crippen LogP contribution in [0.3, 0.4) is 0 Å². The number of nitrogen functional groups attached to an aromatic ring is 1. The molecule has 52 heavy (non-hydrogen) atoms. The minimum atomic E-state index is -2.34. The lowest BCUT2D eigenvalue weighted by molar-refractivity contribution is -0.203. The van der Waals surface area contributed by atoms with Crippen LogP contribution in [0, 0.1) is 34.5 Å². The number of Topliss-reactive ketones (excluding diaryl/α,β-unsaturated/α-hetero) is 1. The Labute approximate surface area is 303 Å². The van der Waals surface area contributed by atoms with Gasteiger partial charge in [0, 0.05) is 29.7 Å². The highest BCUT2D eigenvalue weighted by molar-refractivity contribution is 6.10. The smallest absolute Gasteiger partial charge is 0.340 e. The molecule has 1 unspecified atom stereocenters. The van der Waals surface area contributed by atoms with Gasteiger partial charge in [-0.05, 0) is 80.2 Å². The third-order valence-electron chi connectivity index (χ3n) is 11.9. The first-order valence-electron chi connectivity index (χ1n) is 17.6. The van der Waals surface area contributed by atoms with Gasteiger partial charge in [-0.15, -0.1) is 0 Å². The molecule has 1 spiro atoms. The van der Waals surface area contributed by atoms with Crippen LogP contribution in [0.25, 0.3) is 0 Å². The number of ketones is 1. The summed E-state index contributed by atoms with van der Waals surface area (Å²) in [4.78, 5) is 68.3. The Bertz CT molecular complexity index is 1960. The lowest BCUT2D eigenvalue weighted by Crippen LogP contribution is -2.66. The van der Waals surface area contributed by atoms with Crippen molar-refractivity contribution in [3.63, 3.8) is 0 Å². The molecule has 6 rings (SSSR count). The van der Waals surface area contributed by atoms with E-state index in [0.717, 1.165) is 0 Å². The van der Waals surface area contributed by atoms with E-state index in [1.165, 1.54) is 19.1 Å². The number of ether oxygens (including phenoxy) is 3. The standard InChI is InChI=1S/C41H46N2O9/c1-8-21(2)37(47)50-20-25-18-28-32-29(39(32,6)7)17-23(4)40(33(28)45)19-22(3)34(41(40,49)35(25)51-24(5)44)52-38(48)27-14-10-12-16-31(27)43-36(46)26-13-9-11-15-30(26)42/h8-16,18-19,23,28-29,32,34-35,49H,17,20,42H2,1-7H3,(H,43,46)/t23-,28?,29-,32+,34+,35-,40+,41-/m1/s1. The van der Waals surface area contributed by atoms with Gasteiger partial charge in [-0.1, -0.05) is 63.3 Å².